The summed E-state index contributed by atoms with van der Waals surface area (Å²) in [6, 6.07) is 5.78. The number of rotatable bonds is 7. The Bertz CT molecular complexity index is 573. The predicted molar refractivity (Wildman–Crippen MR) is 83.0 cm³/mol. The third-order valence-electron chi connectivity index (χ3n) is 3.57. The van der Waals surface area contributed by atoms with E-state index in [1.807, 2.05) is 18.2 Å². The molecule has 1 aliphatic rings. The fourth-order valence-electron chi connectivity index (χ4n) is 2.37. The lowest BCUT2D eigenvalue weighted by molar-refractivity contribution is 0.193. The summed E-state index contributed by atoms with van der Waals surface area (Å²) < 4.78 is 11.0. The first-order chi connectivity index (χ1) is 10.9. The number of aromatic nitrogens is 3. The van der Waals surface area contributed by atoms with Crippen molar-refractivity contribution in [2.75, 3.05) is 31.7 Å². The van der Waals surface area contributed by atoms with Crippen molar-refractivity contribution in [1.29, 1.82) is 0 Å². The smallest absolute Gasteiger partial charge is 0.137 e. The molecule has 0 spiro atoms. The Morgan fingerprint density at radius 3 is 3.18 bits per heavy atom. The largest absolute Gasteiger partial charge is 0.492 e. The van der Waals surface area contributed by atoms with E-state index in [0.717, 1.165) is 49.9 Å². The summed E-state index contributed by atoms with van der Waals surface area (Å²) in [5.41, 5.74) is 1.06. The van der Waals surface area contributed by atoms with Gasteiger partial charge in [0.05, 0.1) is 25.1 Å². The van der Waals surface area contributed by atoms with Crippen LogP contribution in [0.1, 0.15) is 24.5 Å². The highest BCUT2D eigenvalue weighted by molar-refractivity contribution is 5.35. The van der Waals surface area contributed by atoms with Crippen LogP contribution >= 0.6 is 0 Å². The predicted octanol–water partition coefficient (Wildman–Crippen LogP) is 2.26. The van der Waals surface area contributed by atoms with Crippen LogP contribution in [-0.2, 0) is 4.74 Å². The van der Waals surface area contributed by atoms with Crippen LogP contribution in [0, 0.1) is 0 Å². The molecule has 1 fully saturated rings. The van der Waals surface area contributed by atoms with Crippen molar-refractivity contribution in [3.8, 4) is 5.75 Å². The number of nitrogens with one attached hydrogen (secondary N) is 1. The normalized spacial score (nSPS) is 17.4. The molecular weight excluding hydrogens is 280 g/mol. The van der Waals surface area contributed by atoms with Gasteiger partial charge in [-0.2, -0.15) is 0 Å². The number of hydrogen-bond acceptors (Lipinski definition) is 6. The third kappa shape index (κ3) is 4.14. The van der Waals surface area contributed by atoms with Crippen molar-refractivity contribution in [1.82, 2.24) is 15.0 Å². The maximum atomic E-state index is 5.60. The molecule has 1 atom stereocenters. The molecular formula is C16H20N4O2. The van der Waals surface area contributed by atoms with Gasteiger partial charge in [0.25, 0.3) is 0 Å². The van der Waals surface area contributed by atoms with Crippen molar-refractivity contribution < 1.29 is 9.47 Å². The van der Waals surface area contributed by atoms with Crippen molar-refractivity contribution in [3.63, 3.8) is 0 Å². The van der Waals surface area contributed by atoms with Gasteiger partial charge in [-0.3, -0.25) is 4.98 Å². The van der Waals surface area contributed by atoms with Gasteiger partial charge in [0.1, 0.15) is 17.9 Å². The molecule has 0 unspecified atom stereocenters. The minimum Gasteiger partial charge on any atom is -0.492 e. The van der Waals surface area contributed by atoms with Crippen LogP contribution in [0.2, 0.25) is 0 Å². The van der Waals surface area contributed by atoms with Crippen LogP contribution in [0.4, 0.5) is 5.82 Å². The summed E-state index contributed by atoms with van der Waals surface area (Å²) in [5.74, 6) is 2.06. The summed E-state index contributed by atoms with van der Waals surface area (Å²) in [5, 5.41) is 3.31. The number of nitrogens with zero attached hydrogens (tertiary/aromatic N) is 3. The molecule has 0 bridgehead atoms. The first-order valence-electron chi connectivity index (χ1n) is 7.58. The molecule has 2 aromatic heterocycles. The van der Waals surface area contributed by atoms with E-state index < -0.39 is 0 Å². The average Bonchev–Trinajstić information content (AvgIpc) is 3.10. The molecule has 0 radical (unpaired) electrons. The summed E-state index contributed by atoms with van der Waals surface area (Å²) in [7, 11) is 0. The first-order valence-corrected chi connectivity index (χ1v) is 7.58. The second kappa shape index (κ2) is 7.70. The monoisotopic (exact) mass is 300 g/mol. The molecule has 6 heteroatoms. The molecule has 1 aliphatic heterocycles. The molecule has 3 rings (SSSR count). The zero-order valence-electron chi connectivity index (χ0n) is 12.4. The van der Waals surface area contributed by atoms with Gasteiger partial charge in [-0.1, -0.05) is 0 Å². The highest BCUT2D eigenvalue weighted by Gasteiger charge is 2.19. The van der Waals surface area contributed by atoms with Crippen LogP contribution in [0.25, 0.3) is 0 Å². The highest BCUT2D eigenvalue weighted by atomic mass is 16.5. The van der Waals surface area contributed by atoms with Gasteiger partial charge in [0.2, 0.25) is 0 Å². The number of pyridine rings is 1. The Morgan fingerprint density at radius 2 is 2.36 bits per heavy atom. The molecule has 0 aromatic carbocycles. The van der Waals surface area contributed by atoms with Gasteiger partial charge in [-0.15, -0.1) is 0 Å². The fraction of sp³-hybridized carbons (Fsp3) is 0.438. The minimum atomic E-state index is 0.400. The van der Waals surface area contributed by atoms with Crippen molar-refractivity contribution in [2.45, 2.75) is 18.8 Å². The van der Waals surface area contributed by atoms with E-state index in [1.54, 1.807) is 18.7 Å². The maximum Gasteiger partial charge on any atom is 0.137 e. The van der Waals surface area contributed by atoms with Crippen molar-refractivity contribution >= 4 is 5.82 Å². The quantitative estimate of drug-likeness (QED) is 0.791. The average molecular weight is 300 g/mol. The lowest BCUT2D eigenvalue weighted by Crippen LogP contribution is -2.10. The lowest BCUT2D eigenvalue weighted by Gasteiger charge is -2.10. The molecule has 116 valence electrons. The Labute approximate surface area is 129 Å². The SMILES string of the molecule is c1cncc(OCCCNc2cc([C@H]3CCOC3)ncn2)c1. The summed E-state index contributed by atoms with van der Waals surface area (Å²) >= 11 is 0. The van der Waals surface area contributed by atoms with Gasteiger partial charge in [-0.25, -0.2) is 9.97 Å². The summed E-state index contributed by atoms with van der Waals surface area (Å²) in [6.07, 6.45) is 6.99. The highest BCUT2D eigenvalue weighted by Crippen LogP contribution is 2.24. The van der Waals surface area contributed by atoms with Crippen LogP contribution in [0.5, 0.6) is 5.75 Å². The summed E-state index contributed by atoms with van der Waals surface area (Å²) in [4.78, 5) is 12.6. The third-order valence-corrected chi connectivity index (χ3v) is 3.57. The van der Waals surface area contributed by atoms with Crippen LogP contribution in [0.15, 0.2) is 36.9 Å². The Balaban J connectivity index is 1.41. The van der Waals surface area contributed by atoms with Crippen LogP contribution in [-0.4, -0.2) is 41.3 Å². The molecule has 0 aliphatic carbocycles. The van der Waals surface area contributed by atoms with Gasteiger partial charge in [0.15, 0.2) is 0 Å². The fourth-order valence-corrected chi connectivity index (χ4v) is 2.37. The zero-order valence-corrected chi connectivity index (χ0v) is 12.4. The molecule has 3 heterocycles. The van der Waals surface area contributed by atoms with Gasteiger partial charge >= 0.3 is 0 Å². The maximum absolute atomic E-state index is 5.60. The molecule has 0 saturated carbocycles. The number of ether oxygens (including phenoxy) is 2. The van der Waals surface area contributed by atoms with E-state index in [1.165, 1.54) is 0 Å². The lowest BCUT2D eigenvalue weighted by atomic mass is 10.1. The van der Waals surface area contributed by atoms with Gasteiger partial charge < -0.3 is 14.8 Å². The summed E-state index contributed by atoms with van der Waals surface area (Å²) in [6.45, 7) is 3.03. The molecule has 22 heavy (non-hydrogen) atoms. The van der Waals surface area contributed by atoms with E-state index in [0.29, 0.717) is 12.5 Å². The molecule has 0 amide bonds. The van der Waals surface area contributed by atoms with Crippen molar-refractivity contribution in [2.24, 2.45) is 0 Å². The molecule has 2 aromatic rings. The van der Waals surface area contributed by atoms with E-state index in [4.69, 9.17) is 9.47 Å². The molecule has 6 nitrogen and oxygen atoms in total. The zero-order chi connectivity index (χ0) is 15.0. The van der Waals surface area contributed by atoms with Crippen LogP contribution in [0.3, 0.4) is 0 Å². The van der Waals surface area contributed by atoms with Gasteiger partial charge in [0, 0.05) is 31.3 Å². The van der Waals surface area contributed by atoms with E-state index in [-0.39, 0.29) is 0 Å². The second-order valence-electron chi connectivity index (χ2n) is 5.21. The molecule has 1 saturated heterocycles. The standard InChI is InChI=1S/C16H20N4O2/c1-3-14(10-17-5-1)22-7-2-6-18-16-9-15(19-12-20-16)13-4-8-21-11-13/h1,3,5,9-10,12-13H,2,4,6-8,11H2,(H,18,19,20)/t13-/m0/s1. The van der Waals surface area contributed by atoms with Gasteiger partial charge in [-0.05, 0) is 25.0 Å². The Morgan fingerprint density at radius 1 is 1.36 bits per heavy atom. The molecule has 1 N–H and O–H groups in total. The van der Waals surface area contributed by atoms with E-state index >= 15 is 0 Å². The Hall–Kier alpha value is -2.21. The first kappa shape index (κ1) is 14.7. The van der Waals surface area contributed by atoms with E-state index in [2.05, 4.69) is 20.3 Å². The Kier molecular flexibility index (Phi) is 5.15. The minimum absolute atomic E-state index is 0.400. The van der Waals surface area contributed by atoms with Crippen molar-refractivity contribution in [3.05, 3.63) is 42.6 Å². The topological polar surface area (TPSA) is 69.2 Å². The van der Waals surface area contributed by atoms with E-state index in [9.17, 15) is 0 Å². The number of anilines is 1. The number of hydrogen-bond donors (Lipinski definition) is 1. The second-order valence-corrected chi connectivity index (χ2v) is 5.21. The van der Waals surface area contributed by atoms with Crippen LogP contribution < -0.4 is 10.1 Å².